The topological polar surface area (TPSA) is 56.8 Å². The molecule has 0 bridgehead atoms. The molecule has 1 aromatic heterocycles. The fourth-order valence-electron chi connectivity index (χ4n) is 5.77. The summed E-state index contributed by atoms with van der Waals surface area (Å²) in [6, 6.07) is 27.8. The number of aryl methyl sites for hydroxylation is 1. The van der Waals surface area contributed by atoms with E-state index in [-0.39, 0.29) is 11.8 Å². The van der Waals surface area contributed by atoms with E-state index in [9.17, 15) is 8.42 Å². The van der Waals surface area contributed by atoms with Gasteiger partial charge in [-0.1, -0.05) is 72.8 Å². The second kappa shape index (κ2) is 10.1. The first-order valence-corrected chi connectivity index (χ1v) is 14.6. The quantitative estimate of drug-likeness (QED) is 0.375. The molecule has 1 unspecified atom stereocenters. The molecule has 3 heterocycles. The minimum absolute atomic E-state index is 0.0131. The van der Waals surface area contributed by atoms with Crippen molar-refractivity contribution in [3.8, 4) is 0 Å². The molecule has 4 aromatic rings. The molecular formula is C30H32N4O2S. The number of nitrogens with zero attached hydrogens (tertiary/aromatic N) is 4. The maximum absolute atomic E-state index is 13.8. The van der Waals surface area contributed by atoms with Crippen molar-refractivity contribution in [3.63, 3.8) is 0 Å². The van der Waals surface area contributed by atoms with Gasteiger partial charge in [0.2, 0.25) is 10.0 Å². The van der Waals surface area contributed by atoms with E-state index >= 15 is 0 Å². The van der Waals surface area contributed by atoms with E-state index < -0.39 is 10.0 Å². The van der Waals surface area contributed by atoms with Crippen molar-refractivity contribution in [2.24, 2.45) is 0 Å². The number of para-hydroxylation sites is 1. The third kappa shape index (κ3) is 4.93. The predicted octanol–water partition coefficient (Wildman–Crippen LogP) is 4.71. The van der Waals surface area contributed by atoms with Crippen molar-refractivity contribution >= 4 is 32.3 Å². The lowest BCUT2D eigenvalue weighted by atomic mass is 9.97. The van der Waals surface area contributed by atoms with Gasteiger partial charge >= 0.3 is 0 Å². The van der Waals surface area contributed by atoms with Crippen LogP contribution in [0.5, 0.6) is 0 Å². The molecule has 2 aliphatic heterocycles. The number of pyridine rings is 1. The zero-order valence-electron chi connectivity index (χ0n) is 20.9. The largest absolute Gasteiger partial charge is 0.354 e. The van der Waals surface area contributed by atoms with Crippen LogP contribution in [-0.4, -0.2) is 57.1 Å². The van der Waals surface area contributed by atoms with Crippen molar-refractivity contribution in [3.05, 3.63) is 102 Å². The van der Waals surface area contributed by atoms with Crippen LogP contribution in [-0.2, 0) is 22.2 Å². The molecule has 0 aliphatic carbocycles. The maximum atomic E-state index is 13.8. The Morgan fingerprint density at radius 3 is 2.38 bits per heavy atom. The molecule has 1 atom stereocenters. The van der Waals surface area contributed by atoms with Crippen molar-refractivity contribution in [2.45, 2.75) is 24.6 Å². The summed E-state index contributed by atoms with van der Waals surface area (Å²) in [5, 5.41) is 2.38. The Bertz CT molecular complexity index is 1480. The van der Waals surface area contributed by atoms with Crippen LogP contribution in [0.4, 0.5) is 11.5 Å². The van der Waals surface area contributed by atoms with Gasteiger partial charge in [0.15, 0.2) is 0 Å². The number of hydrogen-bond donors (Lipinski definition) is 0. The second-order valence-electron chi connectivity index (χ2n) is 10.0. The Morgan fingerprint density at radius 2 is 1.54 bits per heavy atom. The van der Waals surface area contributed by atoms with E-state index in [1.165, 1.54) is 10.8 Å². The van der Waals surface area contributed by atoms with Gasteiger partial charge in [-0.05, 0) is 41.5 Å². The molecule has 6 rings (SSSR count). The molecule has 0 radical (unpaired) electrons. The summed E-state index contributed by atoms with van der Waals surface area (Å²) < 4.78 is 29.4. The molecule has 37 heavy (non-hydrogen) atoms. The molecule has 0 spiro atoms. The van der Waals surface area contributed by atoms with Crippen LogP contribution >= 0.6 is 0 Å². The first-order chi connectivity index (χ1) is 18.1. The Morgan fingerprint density at radius 1 is 0.811 bits per heavy atom. The number of rotatable bonds is 6. The summed E-state index contributed by atoms with van der Waals surface area (Å²) in [5.74, 6) is 1.05. The molecule has 1 fully saturated rings. The minimum atomic E-state index is -3.54. The normalized spacial score (nSPS) is 18.6. The summed E-state index contributed by atoms with van der Waals surface area (Å²) in [4.78, 5) is 9.48. The summed E-state index contributed by atoms with van der Waals surface area (Å²) in [6.07, 6.45) is 3.62. The Labute approximate surface area is 219 Å². The van der Waals surface area contributed by atoms with Gasteiger partial charge in [0.05, 0.1) is 17.5 Å². The summed E-state index contributed by atoms with van der Waals surface area (Å²) in [7, 11) is -3.54. The Kier molecular flexibility index (Phi) is 6.57. The molecule has 190 valence electrons. The third-order valence-electron chi connectivity index (χ3n) is 7.59. The van der Waals surface area contributed by atoms with Gasteiger partial charge in [-0.2, -0.15) is 0 Å². The molecule has 1 saturated heterocycles. The standard InChI is InChI=1S/C30H32N4O2S/c35-37(36,23-24-8-2-1-3-9-24)34-27(15-14-26-11-5-7-13-29(26)34)22-32-18-20-33(21-19-32)30-28-12-6-4-10-25(28)16-17-31-30/h1-13,16-17,27H,14-15,18-23H2. The number of aromatic nitrogens is 1. The van der Waals surface area contributed by atoms with Crippen molar-refractivity contribution in [1.82, 2.24) is 9.88 Å². The second-order valence-corrected chi connectivity index (χ2v) is 11.8. The zero-order chi connectivity index (χ0) is 25.2. The van der Waals surface area contributed by atoms with Crippen LogP contribution in [0, 0.1) is 0 Å². The highest BCUT2D eigenvalue weighted by Crippen LogP contribution is 2.35. The molecule has 3 aromatic carbocycles. The zero-order valence-corrected chi connectivity index (χ0v) is 21.7. The van der Waals surface area contributed by atoms with Crippen LogP contribution in [0.3, 0.4) is 0 Å². The number of piperazine rings is 1. The summed E-state index contributed by atoms with van der Waals surface area (Å²) in [5.41, 5.74) is 2.77. The number of benzene rings is 3. The number of sulfonamides is 1. The van der Waals surface area contributed by atoms with E-state index in [0.717, 1.165) is 68.2 Å². The molecule has 6 nitrogen and oxygen atoms in total. The highest BCUT2D eigenvalue weighted by molar-refractivity contribution is 7.92. The molecule has 7 heteroatoms. The van der Waals surface area contributed by atoms with Gasteiger partial charge in [0, 0.05) is 44.3 Å². The van der Waals surface area contributed by atoms with E-state index in [1.54, 1.807) is 4.31 Å². The van der Waals surface area contributed by atoms with Gasteiger partial charge in [0.1, 0.15) is 5.82 Å². The van der Waals surface area contributed by atoms with Gasteiger partial charge in [-0.25, -0.2) is 13.4 Å². The van der Waals surface area contributed by atoms with Crippen LogP contribution in [0.25, 0.3) is 10.8 Å². The fraction of sp³-hybridized carbons (Fsp3) is 0.300. The first-order valence-electron chi connectivity index (χ1n) is 13.0. The average Bonchev–Trinajstić information content (AvgIpc) is 2.93. The monoisotopic (exact) mass is 512 g/mol. The van der Waals surface area contributed by atoms with Crippen LogP contribution in [0.15, 0.2) is 91.1 Å². The molecule has 0 saturated carbocycles. The predicted molar refractivity (Wildman–Crippen MR) is 150 cm³/mol. The van der Waals surface area contributed by atoms with E-state index in [0.29, 0.717) is 0 Å². The Hall–Kier alpha value is -3.42. The first kappa shape index (κ1) is 23.9. The SMILES string of the molecule is O=S(=O)(Cc1ccccc1)N1c2ccccc2CCC1CN1CCN(c2nccc3ccccc23)CC1. The van der Waals surface area contributed by atoms with Crippen molar-refractivity contribution < 1.29 is 8.42 Å². The number of fused-ring (bicyclic) bond motifs is 2. The van der Waals surface area contributed by atoms with Gasteiger partial charge in [-0.15, -0.1) is 0 Å². The summed E-state index contributed by atoms with van der Waals surface area (Å²) >= 11 is 0. The lowest BCUT2D eigenvalue weighted by Gasteiger charge is -2.42. The van der Waals surface area contributed by atoms with Gasteiger partial charge < -0.3 is 4.90 Å². The highest BCUT2D eigenvalue weighted by Gasteiger charge is 2.36. The van der Waals surface area contributed by atoms with Crippen LogP contribution in [0.1, 0.15) is 17.5 Å². The van der Waals surface area contributed by atoms with E-state index in [2.05, 4.69) is 46.2 Å². The van der Waals surface area contributed by atoms with Gasteiger partial charge in [-0.3, -0.25) is 9.21 Å². The van der Waals surface area contributed by atoms with E-state index in [1.807, 2.05) is 54.7 Å². The van der Waals surface area contributed by atoms with Gasteiger partial charge in [0.25, 0.3) is 0 Å². The van der Waals surface area contributed by atoms with Crippen molar-refractivity contribution in [1.29, 1.82) is 0 Å². The third-order valence-corrected chi connectivity index (χ3v) is 9.38. The van der Waals surface area contributed by atoms with E-state index in [4.69, 9.17) is 4.98 Å². The van der Waals surface area contributed by atoms with Crippen LogP contribution in [0.2, 0.25) is 0 Å². The average molecular weight is 513 g/mol. The minimum Gasteiger partial charge on any atom is -0.354 e. The molecule has 0 N–H and O–H groups in total. The van der Waals surface area contributed by atoms with Crippen LogP contribution < -0.4 is 9.21 Å². The number of anilines is 2. The smallest absolute Gasteiger partial charge is 0.239 e. The molecule has 0 amide bonds. The number of hydrogen-bond acceptors (Lipinski definition) is 5. The molecule has 2 aliphatic rings. The molecular weight excluding hydrogens is 480 g/mol. The lowest BCUT2D eigenvalue weighted by molar-refractivity contribution is 0.238. The highest BCUT2D eigenvalue weighted by atomic mass is 32.2. The maximum Gasteiger partial charge on any atom is 0.239 e. The fourth-order valence-corrected chi connectivity index (χ4v) is 7.62. The summed E-state index contributed by atoms with van der Waals surface area (Å²) in [6.45, 7) is 4.26. The van der Waals surface area contributed by atoms with Crippen molar-refractivity contribution in [2.75, 3.05) is 41.9 Å². The Balaban J connectivity index is 1.20. The lowest BCUT2D eigenvalue weighted by Crippen LogP contribution is -2.54.